The van der Waals surface area contributed by atoms with Gasteiger partial charge in [-0.2, -0.15) is 0 Å². The Morgan fingerprint density at radius 1 is 1.32 bits per heavy atom. The number of primary amides is 1. The lowest BCUT2D eigenvalue weighted by Gasteiger charge is -1.99. The largest absolute Gasteiger partial charge is 0.451 e. The molecule has 2 aromatic rings. The minimum Gasteiger partial charge on any atom is -0.451 e. The number of thiazole rings is 1. The third-order valence-electron chi connectivity index (χ3n) is 2.36. The highest BCUT2D eigenvalue weighted by molar-refractivity contribution is 7.13. The zero-order valence-corrected chi connectivity index (χ0v) is 11.1. The first-order valence-corrected chi connectivity index (χ1v) is 6.42. The lowest BCUT2D eigenvalue weighted by atomic mass is 10.2. The molecule has 0 spiro atoms. The maximum Gasteiger partial charge on any atom is 0.358 e. The Morgan fingerprint density at radius 3 is 2.63 bits per heavy atom. The molecule has 2 N–H and O–H groups in total. The summed E-state index contributed by atoms with van der Waals surface area (Å²) >= 11 is 1.34. The number of hydrogen-bond acceptors (Lipinski definition) is 5. The molecule has 2 rings (SSSR count). The summed E-state index contributed by atoms with van der Waals surface area (Å²) in [6.45, 7) is 1.56. The van der Waals surface area contributed by atoms with E-state index < -0.39 is 18.5 Å². The van der Waals surface area contributed by atoms with Crippen LogP contribution >= 0.6 is 11.3 Å². The molecule has 1 heterocycles. The summed E-state index contributed by atoms with van der Waals surface area (Å²) in [5.41, 5.74) is 7.17. The van der Waals surface area contributed by atoms with Crippen LogP contribution in [0.4, 0.5) is 0 Å². The topological polar surface area (TPSA) is 82.3 Å². The van der Waals surface area contributed by atoms with Crippen molar-refractivity contribution < 1.29 is 14.3 Å². The van der Waals surface area contributed by atoms with Crippen LogP contribution in [0.1, 0.15) is 16.1 Å². The molecule has 98 valence electrons. The molecule has 0 radical (unpaired) electrons. The molecular weight excluding hydrogens is 264 g/mol. The van der Waals surface area contributed by atoms with Crippen LogP contribution in [-0.4, -0.2) is 23.5 Å². The van der Waals surface area contributed by atoms with Gasteiger partial charge >= 0.3 is 5.97 Å². The SMILES string of the molecule is Cc1ccc(-c2nc(C(=O)OCC(N)=O)cs2)cc1. The van der Waals surface area contributed by atoms with E-state index in [0.717, 1.165) is 16.1 Å². The second kappa shape index (κ2) is 5.62. The molecule has 0 atom stereocenters. The standard InChI is InChI=1S/C13H12N2O3S/c1-8-2-4-9(5-3-8)12-15-10(7-19-12)13(17)18-6-11(14)16/h2-5,7H,6H2,1H3,(H2,14,16). The zero-order chi connectivity index (χ0) is 13.8. The Kier molecular flexibility index (Phi) is 3.91. The van der Waals surface area contributed by atoms with Crippen molar-refractivity contribution in [3.8, 4) is 10.6 Å². The van der Waals surface area contributed by atoms with Gasteiger partial charge in [-0.05, 0) is 6.92 Å². The van der Waals surface area contributed by atoms with Gasteiger partial charge in [-0.1, -0.05) is 29.8 Å². The molecule has 1 aromatic heterocycles. The Hall–Kier alpha value is -2.21. The molecule has 0 bridgehead atoms. The van der Waals surface area contributed by atoms with E-state index in [4.69, 9.17) is 5.73 Å². The minimum atomic E-state index is -0.692. The van der Waals surface area contributed by atoms with Crippen LogP contribution in [0, 0.1) is 6.92 Å². The first-order chi connectivity index (χ1) is 9.06. The molecule has 0 saturated heterocycles. The van der Waals surface area contributed by atoms with Crippen LogP contribution in [0.25, 0.3) is 10.6 Å². The van der Waals surface area contributed by atoms with Crippen molar-refractivity contribution in [2.45, 2.75) is 6.92 Å². The van der Waals surface area contributed by atoms with Crippen molar-refractivity contribution in [3.05, 3.63) is 40.9 Å². The number of carbonyl (C=O) groups excluding carboxylic acids is 2. The van der Waals surface area contributed by atoms with Crippen LogP contribution in [0.3, 0.4) is 0 Å². The lowest BCUT2D eigenvalue weighted by Crippen LogP contribution is -2.21. The second-order valence-corrected chi connectivity index (χ2v) is 4.80. The van der Waals surface area contributed by atoms with Crippen molar-refractivity contribution >= 4 is 23.2 Å². The fourth-order valence-corrected chi connectivity index (χ4v) is 2.20. The third-order valence-corrected chi connectivity index (χ3v) is 3.25. The smallest absolute Gasteiger partial charge is 0.358 e. The van der Waals surface area contributed by atoms with Gasteiger partial charge < -0.3 is 10.5 Å². The summed E-state index contributed by atoms with van der Waals surface area (Å²) < 4.78 is 4.69. The van der Waals surface area contributed by atoms with Crippen LogP contribution in [0.5, 0.6) is 0 Å². The number of rotatable bonds is 4. The average Bonchev–Trinajstić information content (AvgIpc) is 2.86. The number of benzene rings is 1. The quantitative estimate of drug-likeness (QED) is 0.863. The number of aryl methyl sites for hydroxylation is 1. The summed E-state index contributed by atoms with van der Waals surface area (Å²) in [5, 5.41) is 2.32. The number of aromatic nitrogens is 1. The lowest BCUT2D eigenvalue weighted by molar-refractivity contribution is -0.121. The van der Waals surface area contributed by atoms with Crippen LogP contribution in [-0.2, 0) is 9.53 Å². The van der Waals surface area contributed by atoms with Crippen LogP contribution < -0.4 is 5.73 Å². The molecule has 0 aliphatic carbocycles. The van der Waals surface area contributed by atoms with E-state index in [2.05, 4.69) is 9.72 Å². The molecule has 5 nitrogen and oxygen atoms in total. The summed E-state index contributed by atoms with van der Waals surface area (Å²) in [5.74, 6) is -1.34. The van der Waals surface area contributed by atoms with Crippen LogP contribution in [0.2, 0.25) is 0 Å². The highest BCUT2D eigenvalue weighted by atomic mass is 32.1. The molecule has 0 aliphatic rings. The summed E-state index contributed by atoms with van der Waals surface area (Å²) in [6, 6.07) is 7.82. The number of ether oxygens (including phenoxy) is 1. The number of nitrogens with two attached hydrogens (primary N) is 1. The van der Waals surface area contributed by atoms with Crippen molar-refractivity contribution in [2.75, 3.05) is 6.61 Å². The van der Waals surface area contributed by atoms with Crippen molar-refractivity contribution in [3.63, 3.8) is 0 Å². The van der Waals surface area contributed by atoms with E-state index >= 15 is 0 Å². The molecule has 6 heteroatoms. The van der Waals surface area contributed by atoms with Gasteiger partial charge in [0, 0.05) is 10.9 Å². The van der Waals surface area contributed by atoms with E-state index in [-0.39, 0.29) is 5.69 Å². The normalized spacial score (nSPS) is 10.2. The minimum absolute atomic E-state index is 0.182. The van der Waals surface area contributed by atoms with E-state index in [1.165, 1.54) is 11.3 Å². The van der Waals surface area contributed by atoms with Crippen molar-refractivity contribution in [1.82, 2.24) is 4.98 Å². The van der Waals surface area contributed by atoms with Gasteiger partial charge in [0.1, 0.15) is 5.01 Å². The van der Waals surface area contributed by atoms with Gasteiger partial charge in [0.05, 0.1) is 0 Å². The third kappa shape index (κ3) is 3.38. The summed E-state index contributed by atoms with van der Waals surface area (Å²) in [6.07, 6.45) is 0. The van der Waals surface area contributed by atoms with E-state index in [9.17, 15) is 9.59 Å². The van der Waals surface area contributed by atoms with E-state index in [1.807, 2.05) is 31.2 Å². The first-order valence-electron chi connectivity index (χ1n) is 5.54. The maximum absolute atomic E-state index is 11.6. The number of hydrogen-bond donors (Lipinski definition) is 1. The molecule has 0 fully saturated rings. The van der Waals surface area contributed by atoms with E-state index in [1.54, 1.807) is 5.38 Å². The number of esters is 1. The predicted molar refractivity (Wildman–Crippen MR) is 71.8 cm³/mol. The Balaban J connectivity index is 2.12. The molecule has 1 aromatic carbocycles. The fraction of sp³-hybridized carbons (Fsp3) is 0.154. The Bertz CT molecular complexity index is 605. The van der Waals surface area contributed by atoms with Gasteiger partial charge in [-0.25, -0.2) is 9.78 Å². The number of amides is 1. The van der Waals surface area contributed by atoms with Gasteiger partial charge in [0.2, 0.25) is 0 Å². The fourth-order valence-electron chi connectivity index (χ4n) is 1.41. The van der Waals surface area contributed by atoms with Gasteiger partial charge in [-0.15, -0.1) is 11.3 Å². The van der Waals surface area contributed by atoms with Crippen molar-refractivity contribution in [1.29, 1.82) is 0 Å². The van der Waals surface area contributed by atoms with Gasteiger partial charge in [-0.3, -0.25) is 4.79 Å². The van der Waals surface area contributed by atoms with Crippen LogP contribution in [0.15, 0.2) is 29.6 Å². The molecule has 0 unspecified atom stereocenters. The highest BCUT2D eigenvalue weighted by Gasteiger charge is 2.13. The maximum atomic E-state index is 11.6. The molecule has 19 heavy (non-hydrogen) atoms. The van der Waals surface area contributed by atoms with Gasteiger partial charge in [0.15, 0.2) is 12.3 Å². The van der Waals surface area contributed by atoms with Crippen molar-refractivity contribution in [2.24, 2.45) is 5.73 Å². The first kappa shape index (κ1) is 13.2. The number of carbonyl (C=O) groups is 2. The molecule has 1 amide bonds. The summed E-state index contributed by atoms with van der Waals surface area (Å²) in [7, 11) is 0. The predicted octanol–water partition coefficient (Wildman–Crippen LogP) is 1.76. The molecule has 0 aliphatic heterocycles. The second-order valence-electron chi connectivity index (χ2n) is 3.95. The monoisotopic (exact) mass is 276 g/mol. The Labute approximate surface area is 114 Å². The Morgan fingerprint density at radius 2 is 2.00 bits per heavy atom. The highest BCUT2D eigenvalue weighted by Crippen LogP contribution is 2.24. The van der Waals surface area contributed by atoms with E-state index in [0.29, 0.717) is 0 Å². The average molecular weight is 276 g/mol. The molecular formula is C13H12N2O3S. The number of nitrogens with zero attached hydrogens (tertiary/aromatic N) is 1. The van der Waals surface area contributed by atoms with Gasteiger partial charge in [0.25, 0.3) is 5.91 Å². The summed E-state index contributed by atoms with van der Waals surface area (Å²) in [4.78, 5) is 26.3. The molecule has 0 saturated carbocycles. The zero-order valence-electron chi connectivity index (χ0n) is 10.3.